The average Bonchev–Trinajstić information content (AvgIpc) is 3.01. The molecule has 3 aromatic rings. The lowest BCUT2D eigenvalue weighted by molar-refractivity contribution is 0.100. The van der Waals surface area contributed by atoms with E-state index in [1.807, 2.05) is 37.3 Å². The number of nitrogens with zero attached hydrogens (tertiary/aromatic N) is 2. The van der Waals surface area contributed by atoms with Crippen molar-refractivity contribution in [3.8, 4) is 0 Å². The molecule has 5 nitrogen and oxygen atoms in total. The number of hydrogen-bond acceptors (Lipinski definition) is 5. The molecule has 5 heteroatoms. The Morgan fingerprint density at radius 1 is 1.13 bits per heavy atom. The molecule has 0 fully saturated rings. The first kappa shape index (κ1) is 14.7. The first-order valence-electron chi connectivity index (χ1n) is 7.03. The second-order valence-electron chi connectivity index (χ2n) is 5.03. The molecule has 0 bridgehead atoms. The van der Waals surface area contributed by atoms with Crippen LogP contribution in [0.15, 0.2) is 81.2 Å². The summed E-state index contributed by atoms with van der Waals surface area (Å²) in [7, 11) is 0. The Kier molecular flexibility index (Phi) is 4.01. The minimum atomic E-state index is -0.528. The zero-order chi connectivity index (χ0) is 16.2. The Bertz CT molecular complexity index is 872. The number of azo groups is 1. The maximum Gasteiger partial charge on any atom is 0.251 e. The normalized spacial score (nSPS) is 12.1. The van der Waals surface area contributed by atoms with E-state index in [-0.39, 0.29) is 11.5 Å². The molecular weight excluding hydrogens is 292 g/mol. The first-order valence-corrected chi connectivity index (χ1v) is 7.03. The van der Waals surface area contributed by atoms with Crippen molar-refractivity contribution >= 4 is 22.4 Å². The van der Waals surface area contributed by atoms with Crippen LogP contribution in [0.25, 0.3) is 11.0 Å². The molecule has 2 aromatic carbocycles. The molecule has 0 atom stereocenters. The van der Waals surface area contributed by atoms with Gasteiger partial charge in [0.25, 0.3) is 5.78 Å². The number of aliphatic hydroxyl groups excluding tert-OH is 1. The number of allylic oxidation sites excluding steroid dienone is 1. The van der Waals surface area contributed by atoms with E-state index in [2.05, 4.69) is 10.2 Å². The largest absolute Gasteiger partial charge is 0.513 e. The van der Waals surface area contributed by atoms with E-state index in [9.17, 15) is 9.90 Å². The lowest BCUT2D eigenvalue weighted by Gasteiger charge is -1.96. The minimum Gasteiger partial charge on any atom is -0.513 e. The van der Waals surface area contributed by atoms with E-state index in [1.165, 1.54) is 0 Å². The third kappa shape index (κ3) is 3.18. The lowest BCUT2D eigenvalue weighted by Crippen LogP contribution is -1.99. The highest BCUT2D eigenvalue weighted by atomic mass is 16.3. The van der Waals surface area contributed by atoms with Crippen LogP contribution in [0.1, 0.15) is 16.1 Å². The Morgan fingerprint density at radius 2 is 1.87 bits per heavy atom. The van der Waals surface area contributed by atoms with Crippen molar-refractivity contribution in [2.45, 2.75) is 6.92 Å². The molecule has 0 spiro atoms. The van der Waals surface area contributed by atoms with Gasteiger partial charge in [0.05, 0.1) is 5.69 Å². The molecular formula is C18H14N2O3. The summed E-state index contributed by atoms with van der Waals surface area (Å²) in [4.78, 5) is 12.3. The minimum absolute atomic E-state index is 0.106. The van der Waals surface area contributed by atoms with Gasteiger partial charge in [-0.3, -0.25) is 4.79 Å². The fraction of sp³-hybridized carbons (Fsp3) is 0.0556. The number of aryl methyl sites for hydroxylation is 1. The van der Waals surface area contributed by atoms with Gasteiger partial charge in [-0.25, -0.2) is 0 Å². The van der Waals surface area contributed by atoms with E-state index in [1.54, 1.807) is 24.3 Å². The second-order valence-corrected chi connectivity index (χ2v) is 5.03. The third-order valence-corrected chi connectivity index (χ3v) is 3.31. The number of para-hydroxylation sites is 1. The Morgan fingerprint density at radius 3 is 2.57 bits per heavy atom. The van der Waals surface area contributed by atoms with Gasteiger partial charge in [0.15, 0.2) is 11.5 Å². The number of Topliss-reactive ketones (excluding diaryl/α,β-unsaturated/α-hetero) is 1. The summed E-state index contributed by atoms with van der Waals surface area (Å²) in [5.74, 6) is -0.422. The SMILES string of the molecule is Cc1ccc(N=N/C(=C\O)C(=O)c2cc3ccccc3o2)cc1. The molecule has 23 heavy (non-hydrogen) atoms. The van der Waals surface area contributed by atoms with Crippen LogP contribution in [0.5, 0.6) is 0 Å². The number of hydrogen-bond donors (Lipinski definition) is 1. The number of fused-ring (bicyclic) bond motifs is 1. The highest BCUT2D eigenvalue weighted by molar-refractivity contribution is 6.08. The van der Waals surface area contributed by atoms with Crippen LogP contribution in [0.3, 0.4) is 0 Å². The quantitative estimate of drug-likeness (QED) is 0.315. The number of carbonyl (C=O) groups is 1. The van der Waals surface area contributed by atoms with Crippen molar-refractivity contribution in [1.82, 2.24) is 0 Å². The van der Waals surface area contributed by atoms with Crippen LogP contribution in [0, 0.1) is 6.92 Å². The van der Waals surface area contributed by atoms with Gasteiger partial charge >= 0.3 is 0 Å². The number of carbonyl (C=O) groups excluding carboxylic acids is 1. The highest BCUT2D eigenvalue weighted by Gasteiger charge is 2.17. The average molecular weight is 306 g/mol. The van der Waals surface area contributed by atoms with Gasteiger partial charge in [-0.1, -0.05) is 35.9 Å². The molecule has 1 heterocycles. The Hall–Kier alpha value is -3.21. The van der Waals surface area contributed by atoms with E-state index in [0.717, 1.165) is 10.9 Å². The summed E-state index contributed by atoms with van der Waals surface area (Å²) < 4.78 is 5.48. The van der Waals surface area contributed by atoms with Gasteiger partial charge in [0.1, 0.15) is 11.8 Å². The second kappa shape index (κ2) is 6.27. The predicted molar refractivity (Wildman–Crippen MR) is 87.0 cm³/mol. The molecule has 1 N–H and O–H groups in total. The molecule has 0 aliphatic heterocycles. The van der Waals surface area contributed by atoms with Crippen LogP contribution >= 0.6 is 0 Å². The maximum absolute atomic E-state index is 12.3. The fourth-order valence-electron chi connectivity index (χ4n) is 2.07. The molecule has 3 rings (SSSR count). The van der Waals surface area contributed by atoms with Gasteiger partial charge in [0, 0.05) is 5.39 Å². The fourth-order valence-corrected chi connectivity index (χ4v) is 2.07. The van der Waals surface area contributed by atoms with Crippen molar-refractivity contribution in [1.29, 1.82) is 0 Å². The summed E-state index contributed by atoms with van der Waals surface area (Å²) in [5.41, 5.74) is 2.10. The van der Waals surface area contributed by atoms with Crippen LogP contribution < -0.4 is 0 Å². The van der Waals surface area contributed by atoms with Gasteiger partial charge in [-0.2, -0.15) is 5.11 Å². The van der Waals surface area contributed by atoms with Gasteiger partial charge in [-0.05, 0) is 31.2 Å². The number of furan rings is 1. The van der Waals surface area contributed by atoms with Crippen LogP contribution in [0.4, 0.5) is 5.69 Å². The molecule has 0 amide bonds. The van der Waals surface area contributed by atoms with Crippen molar-refractivity contribution in [2.24, 2.45) is 10.2 Å². The maximum atomic E-state index is 12.3. The Labute approximate surface area is 132 Å². The van der Waals surface area contributed by atoms with E-state index >= 15 is 0 Å². The number of benzene rings is 2. The number of rotatable bonds is 4. The summed E-state index contributed by atoms with van der Waals surface area (Å²) in [6.45, 7) is 1.96. The zero-order valence-corrected chi connectivity index (χ0v) is 12.4. The zero-order valence-electron chi connectivity index (χ0n) is 12.4. The molecule has 0 saturated heterocycles. The monoisotopic (exact) mass is 306 g/mol. The van der Waals surface area contributed by atoms with Crippen molar-refractivity contribution in [3.05, 3.63) is 77.9 Å². The Balaban J connectivity index is 1.85. The molecule has 0 aliphatic carbocycles. The molecule has 1 aromatic heterocycles. The van der Waals surface area contributed by atoms with Gasteiger partial charge in [0.2, 0.25) is 0 Å². The predicted octanol–water partition coefficient (Wildman–Crippen LogP) is 5.11. The lowest BCUT2D eigenvalue weighted by atomic mass is 10.2. The summed E-state index contributed by atoms with van der Waals surface area (Å²) in [5, 5.41) is 17.9. The first-order chi connectivity index (χ1) is 11.2. The standard InChI is InChI=1S/C18H14N2O3/c1-12-6-8-14(9-7-12)19-20-15(11-21)18(22)17-10-13-4-2-3-5-16(13)23-17/h2-11,21H,1H3/b15-11-,20-19?. The smallest absolute Gasteiger partial charge is 0.251 e. The van der Waals surface area contributed by atoms with Crippen molar-refractivity contribution < 1.29 is 14.3 Å². The van der Waals surface area contributed by atoms with E-state index < -0.39 is 5.78 Å². The van der Waals surface area contributed by atoms with Crippen LogP contribution in [-0.4, -0.2) is 10.9 Å². The topological polar surface area (TPSA) is 75.2 Å². The van der Waals surface area contributed by atoms with E-state index in [0.29, 0.717) is 17.5 Å². The molecule has 0 unspecified atom stereocenters. The summed E-state index contributed by atoms with van der Waals surface area (Å²) in [6, 6.07) is 16.2. The molecule has 0 saturated carbocycles. The van der Waals surface area contributed by atoms with Crippen LogP contribution in [-0.2, 0) is 0 Å². The summed E-state index contributed by atoms with van der Waals surface area (Å²) >= 11 is 0. The van der Waals surface area contributed by atoms with Crippen molar-refractivity contribution in [3.63, 3.8) is 0 Å². The molecule has 114 valence electrons. The molecule has 0 aliphatic rings. The van der Waals surface area contributed by atoms with Gasteiger partial charge in [-0.15, -0.1) is 5.11 Å². The van der Waals surface area contributed by atoms with E-state index in [4.69, 9.17) is 4.42 Å². The number of aliphatic hydroxyl groups is 1. The van der Waals surface area contributed by atoms with Crippen molar-refractivity contribution in [2.75, 3.05) is 0 Å². The third-order valence-electron chi connectivity index (χ3n) is 3.31. The summed E-state index contributed by atoms with van der Waals surface area (Å²) in [6.07, 6.45) is 0.632. The molecule has 0 radical (unpaired) electrons. The number of ketones is 1. The highest BCUT2D eigenvalue weighted by Crippen LogP contribution is 2.22. The van der Waals surface area contributed by atoms with Crippen LogP contribution in [0.2, 0.25) is 0 Å². The van der Waals surface area contributed by atoms with Gasteiger partial charge < -0.3 is 9.52 Å².